The van der Waals surface area contributed by atoms with Crippen LogP contribution in [-0.4, -0.2) is 26.1 Å². The van der Waals surface area contributed by atoms with E-state index in [1.807, 2.05) is 12.1 Å². The maximum atomic E-state index is 5.23. The molecule has 0 radical (unpaired) electrons. The number of rotatable bonds is 5. The molecule has 0 N–H and O–H groups in total. The van der Waals surface area contributed by atoms with E-state index in [0.29, 0.717) is 0 Å². The number of allylic oxidation sites excluding steroid dienone is 1. The van der Waals surface area contributed by atoms with E-state index in [2.05, 4.69) is 37.7 Å². The largest absolute Gasteiger partial charge is 0.497 e. The molecule has 0 atom stereocenters. The lowest BCUT2D eigenvalue weighted by atomic mass is 10.0. The van der Waals surface area contributed by atoms with Gasteiger partial charge in [-0.2, -0.15) is 0 Å². The van der Waals surface area contributed by atoms with E-state index in [9.17, 15) is 0 Å². The van der Waals surface area contributed by atoms with Gasteiger partial charge in [0.05, 0.1) is 7.11 Å². The van der Waals surface area contributed by atoms with E-state index in [0.717, 1.165) is 18.7 Å². The van der Waals surface area contributed by atoms with Crippen LogP contribution in [0.1, 0.15) is 11.1 Å². The van der Waals surface area contributed by atoms with Crippen molar-refractivity contribution in [2.45, 2.75) is 13.0 Å². The number of benzene rings is 1. The van der Waals surface area contributed by atoms with Crippen LogP contribution in [0.3, 0.4) is 0 Å². The lowest BCUT2D eigenvalue weighted by Crippen LogP contribution is -2.12. The van der Waals surface area contributed by atoms with Crippen molar-refractivity contribution >= 4 is 0 Å². The summed E-state index contributed by atoms with van der Waals surface area (Å²) in [4.78, 5) is 2.15. The molecule has 0 unspecified atom stereocenters. The number of hydrogen-bond donors (Lipinski definition) is 0. The summed E-state index contributed by atoms with van der Waals surface area (Å²) in [5, 5.41) is 0. The second kappa shape index (κ2) is 5.56. The molecule has 82 valence electrons. The molecular weight excluding hydrogens is 186 g/mol. The third-order valence-electron chi connectivity index (χ3n) is 2.26. The van der Waals surface area contributed by atoms with Crippen LogP contribution < -0.4 is 4.74 Å². The zero-order valence-electron chi connectivity index (χ0n) is 9.79. The number of methoxy groups -OCH3 is 1. The minimum absolute atomic E-state index is 0.910. The number of ether oxygens (including phenoxy) is 1. The summed E-state index contributed by atoms with van der Waals surface area (Å²) in [5.74, 6) is 0.916. The summed E-state index contributed by atoms with van der Waals surface area (Å²) in [6.45, 7) is 4.70. The summed E-state index contributed by atoms with van der Waals surface area (Å²) < 4.78 is 5.23. The van der Waals surface area contributed by atoms with Crippen LogP contribution in [0.4, 0.5) is 0 Å². The van der Waals surface area contributed by atoms with Crippen molar-refractivity contribution < 1.29 is 4.74 Å². The van der Waals surface area contributed by atoms with Crippen molar-refractivity contribution in [2.75, 3.05) is 21.2 Å². The lowest BCUT2D eigenvalue weighted by molar-refractivity contribution is 0.394. The molecule has 0 heterocycles. The highest BCUT2D eigenvalue weighted by molar-refractivity contribution is 5.36. The van der Waals surface area contributed by atoms with Gasteiger partial charge in [-0.1, -0.05) is 12.1 Å². The average Bonchev–Trinajstić information content (AvgIpc) is 2.20. The molecule has 0 aliphatic rings. The Labute approximate surface area is 92.2 Å². The molecule has 2 heteroatoms. The standard InChI is InChI=1S/C13H19NO/c1-5-6-11-7-8-13(15-4)9-12(11)10-14(2)3/h5,7-9H,1,6,10H2,2-4H3. The van der Waals surface area contributed by atoms with E-state index in [-0.39, 0.29) is 0 Å². The Balaban J connectivity index is 2.98. The van der Waals surface area contributed by atoms with Crippen molar-refractivity contribution in [1.82, 2.24) is 4.90 Å². The molecule has 1 aromatic rings. The van der Waals surface area contributed by atoms with Gasteiger partial charge < -0.3 is 9.64 Å². The normalized spacial score (nSPS) is 10.4. The fourth-order valence-electron chi connectivity index (χ4n) is 1.57. The zero-order chi connectivity index (χ0) is 11.3. The highest BCUT2D eigenvalue weighted by atomic mass is 16.5. The van der Waals surface area contributed by atoms with Crippen LogP contribution in [0, 0.1) is 0 Å². The van der Waals surface area contributed by atoms with E-state index < -0.39 is 0 Å². The molecule has 0 spiro atoms. The van der Waals surface area contributed by atoms with E-state index >= 15 is 0 Å². The molecule has 0 saturated heterocycles. The summed E-state index contributed by atoms with van der Waals surface area (Å²) in [6, 6.07) is 6.20. The van der Waals surface area contributed by atoms with Gasteiger partial charge in [-0.05, 0) is 43.8 Å². The summed E-state index contributed by atoms with van der Waals surface area (Å²) in [6.07, 6.45) is 2.84. The summed E-state index contributed by atoms with van der Waals surface area (Å²) in [5.41, 5.74) is 2.62. The van der Waals surface area contributed by atoms with Crippen molar-refractivity contribution in [1.29, 1.82) is 0 Å². The van der Waals surface area contributed by atoms with Gasteiger partial charge in [0.25, 0.3) is 0 Å². The second-order valence-electron chi connectivity index (χ2n) is 3.87. The van der Waals surface area contributed by atoms with Gasteiger partial charge >= 0.3 is 0 Å². The van der Waals surface area contributed by atoms with Crippen LogP contribution in [0.5, 0.6) is 5.75 Å². The van der Waals surface area contributed by atoms with Gasteiger partial charge in [0.15, 0.2) is 0 Å². The average molecular weight is 205 g/mol. The Hall–Kier alpha value is -1.28. The van der Waals surface area contributed by atoms with Gasteiger partial charge in [-0.25, -0.2) is 0 Å². The molecule has 0 saturated carbocycles. The molecule has 1 aromatic carbocycles. The summed E-state index contributed by atoms with van der Waals surface area (Å²) in [7, 11) is 5.83. The topological polar surface area (TPSA) is 12.5 Å². The van der Waals surface area contributed by atoms with Gasteiger partial charge in [0, 0.05) is 6.54 Å². The highest BCUT2D eigenvalue weighted by Gasteiger charge is 2.04. The van der Waals surface area contributed by atoms with Crippen molar-refractivity contribution in [3.05, 3.63) is 42.0 Å². The highest BCUT2D eigenvalue weighted by Crippen LogP contribution is 2.19. The van der Waals surface area contributed by atoms with Crippen LogP contribution in [0.25, 0.3) is 0 Å². The molecule has 0 amide bonds. The molecule has 15 heavy (non-hydrogen) atoms. The van der Waals surface area contributed by atoms with E-state index in [1.165, 1.54) is 11.1 Å². The summed E-state index contributed by atoms with van der Waals surface area (Å²) >= 11 is 0. The third kappa shape index (κ3) is 3.40. The molecule has 0 bridgehead atoms. The van der Waals surface area contributed by atoms with E-state index in [1.54, 1.807) is 7.11 Å². The third-order valence-corrected chi connectivity index (χ3v) is 2.26. The SMILES string of the molecule is C=CCc1ccc(OC)cc1CN(C)C. The minimum atomic E-state index is 0.910. The van der Waals surface area contributed by atoms with E-state index in [4.69, 9.17) is 4.74 Å². The second-order valence-corrected chi connectivity index (χ2v) is 3.87. The Morgan fingerprint density at radius 3 is 2.60 bits per heavy atom. The van der Waals surface area contributed by atoms with Gasteiger partial charge in [0.1, 0.15) is 5.75 Å². The molecule has 0 aliphatic carbocycles. The van der Waals surface area contributed by atoms with Crippen LogP contribution in [0.2, 0.25) is 0 Å². The first-order valence-corrected chi connectivity index (χ1v) is 5.08. The van der Waals surface area contributed by atoms with Crippen molar-refractivity contribution in [3.8, 4) is 5.75 Å². The van der Waals surface area contributed by atoms with Gasteiger partial charge in [-0.15, -0.1) is 6.58 Å². The lowest BCUT2D eigenvalue weighted by Gasteiger charge is -2.14. The minimum Gasteiger partial charge on any atom is -0.497 e. The molecule has 0 aliphatic heterocycles. The van der Waals surface area contributed by atoms with Crippen molar-refractivity contribution in [3.63, 3.8) is 0 Å². The number of nitrogens with zero attached hydrogens (tertiary/aromatic N) is 1. The Bertz CT molecular complexity index is 331. The van der Waals surface area contributed by atoms with Crippen LogP contribution in [-0.2, 0) is 13.0 Å². The first kappa shape index (κ1) is 11.8. The van der Waals surface area contributed by atoms with Gasteiger partial charge in [-0.3, -0.25) is 0 Å². The molecule has 2 nitrogen and oxygen atoms in total. The fraction of sp³-hybridized carbons (Fsp3) is 0.385. The predicted octanol–water partition coefficient (Wildman–Crippen LogP) is 2.49. The number of hydrogen-bond acceptors (Lipinski definition) is 2. The quantitative estimate of drug-likeness (QED) is 0.685. The Morgan fingerprint density at radius 2 is 2.07 bits per heavy atom. The van der Waals surface area contributed by atoms with Crippen LogP contribution in [0.15, 0.2) is 30.9 Å². The Morgan fingerprint density at radius 1 is 1.33 bits per heavy atom. The Kier molecular flexibility index (Phi) is 4.37. The molecule has 1 rings (SSSR count). The molecular formula is C13H19NO. The van der Waals surface area contributed by atoms with Crippen molar-refractivity contribution in [2.24, 2.45) is 0 Å². The van der Waals surface area contributed by atoms with Gasteiger partial charge in [0.2, 0.25) is 0 Å². The first-order valence-electron chi connectivity index (χ1n) is 5.08. The maximum absolute atomic E-state index is 5.23. The van der Waals surface area contributed by atoms with Crippen LogP contribution >= 0.6 is 0 Å². The molecule has 0 fully saturated rings. The maximum Gasteiger partial charge on any atom is 0.119 e. The monoisotopic (exact) mass is 205 g/mol. The smallest absolute Gasteiger partial charge is 0.119 e. The molecule has 0 aromatic heterocycles. The predicted molar refractivity (Wildman–Crippen MR) is 64.3 cm³/mol. The fourth-order valence-corrected chi connectivity index (χ4v) is 1.57. The first-order chi connectivity index (χ1) is 7.17. The zero-order valence-corrected chi connectivity index (χ0v) is 9.79.